The van der Waals surface area contributed by atoms with E-state index in [0.717, 1.165) is 32.3 Å². The highest BCUT2D eigenvalue weighted by atomic mass is 16.5. The molecular weight excluding hydrogens is 584 g/mol. The third-order valence-electron chi connectivity index (χ3n) is 7.87. The summed E-state index contributed by atoms with van der Waals surface area (Å²) in [6.45, 7) is 10.2. The molecule has 0 spiro atoms. The molecule has 2 heterocycles. The highest BCUT2D eigenvalue weighted by molar-refractivity contribution is 6.38. The SMILES string of the molecule is C=CC(=O)OCC(C)(C)C(=O)C(=O)N1CCCCC1C(=O)O[C@H](CCN1CCNCC1)c1cccc(NC(=O)CCC(=O)O)c1. The van der Waals surface area contributed by atoms with Crippen molar-refractivity contribution in [3.8, 4) is 0 Å². The van der Waals surface area contributed by atoms with Crippen molar-refractivity contribution in [2.24, 2.45) is 5.41 Å². The van der Waals surface area contributed by atoms with E-state index in [-0.39, 0.29) is 26.0 Å². The van der Waals surface area contributed by atoms with E-state index in [0.29, 0.717) is 43.5 Å². The summed E-state index contributed by atoms with van der Waals surface area (Å²) >= 11 is 0. The van der Waals surface area contributed by atoms with Gasteiger partial charge in [-0.25, -0.2) is 9.59 Å². The maximum absolute atomic E-state index is 13.7. The number of nitrogens with zero attached hydrogens (tertiary/aromatic N) is 2. The average Bonchev–Trinajstić information content (AvgIpc) is 3.04. The van der Waals surface area contributed by atoms with Gasteiger partial charge in [0.05, 0.1) is 11.8 Å². The number of esters is 2. The van der Waals surface area contributed by atoms with E-state index in [1.54, 1.807) is 24.3 Å². The molecule has 0 saturated carbocycles. The highest BCUT2D eigenvalue weighted by Crippen LogP contribution is 2.29. The fourth-order valence-corrected chi connectivity index (χ4v) is 5.22. The Kier molecular flexibility index (Phi) is 13.2. The van der Waals surface area contributed by atoms with Crippen molar-refractivity contribution < 1.29 is 43.3 Å². The number of nitrogens with one attached hydrogen (secondary N) is 2. The van der Waals surface area contributed by atoms with E-state index in [9.17, 15) is 28.8 Å². The van der Waals surface area contributed by atoms with Crippen molar-refractivity contribution in [1.29, 1.82) is 0 Å². The van der Waals surface area contributed by atoms with Gasteiger partial charge in [-0.05, 0) is 50.8 Å². The standard InChI is InChI=1S/C32H44N4O9/c1-4-28(40)44-21-32(2,3)29(41)30(42)36-16-6-5-10-24(36)31(43)45-25(13-17-35-18-14-33-15-19-35)22-8-7-9-23(20-22)34-26(37)11-12-27(38)39/h4,7-9,20,24-25,33H,1,5-6,10-19,21H2,2-3H3,(H,34,37)(H,38,39)/t24?,25-/m1/s1. The number of aliphatic carboxylic acids is 1. The number of likely N-dealkylation sites (tertiary alicyclic amines) is 1. The second kappa shape index (κ2) is 16.8. The summed E-state index contributed by atoms with van der Waals surface area (Å²) in [5, 5.41) is 14.9. The van der Waals surface area contributed by atoms with Crippen LogP contribution in [0.1, 0.15) is 64.0 Å². The van der Waals surface area contributed by atoms with Crippen molar-refractivity contribution in [1.82, 2.24) is 15.1 Å². The quantitative estimate of drug-likeness (QED) is 0.148. The summed E-state index contributed by atoms with van der Waals surface area (Å²) < 4.78 is 11.1. The molecule has 246 valence electrons. The molecule has 0 aromatic heterocycles. The van der Waals surface area contributed by atoms with Crippen molar-refractivity contribution >= 4 is 41.2 Å². The number of carboxylic acid groups (broad SMARTS) is 1. The maximum atomic E-state index is 13.7. The van der Waals surface area contributed by atoms with Gasteiger partial charge >= 0.3 is 17.9 Å². The van der Waals surface area contributed by atoms with Crippen molar-refractivity contribution in [3.63, 3.8) is 0 Å². The molecule has 2 fully saturated rings. The van der Waals surface area contributed by atoms with Crippen LogP contribution < -0.4 is 10.6 Å². The number of amides is 2. The second-order valence-electron chi connectivity index (χ2n) is 11.9. The molecule has 13 heteroatoms. The number of piperidine rings is 1. The van der Waals surface area contributed by atoms with Gasteiger partial charge in [-0.2, -0.15) is 0 Å². The first-order valence-corrected chi connectivity index (χ1v) is 15.3. The summed E-state index contributed by atoms with van der Waals surface area (Å²) in [6, 6.07) is 5.88. The van der Waals surface area contributed by atoms with Crippen LogP contribution in [0.2, 0.25) is 0 Å². The zero-order chi connectivity index (χ0) is 33.0. The largest absolute Gasteiger partial charge is 0.481 e. The van der Waals surface area contributed by atoms with Crippen molar-refractivity contribution in [2.75, 3.05) is 51.2 Å². The molecule has 45 heavy (non-hydrogen) atoms. The molecule has 2 saturated heterocycles. The first-order chi connectivity index (χ1) is 21.4. The molecule has 2 aliphatic rings. The summed E-state index contributed by atoms with van der Waals surface area (Å²) in [5.41, 5.74) is -0.252. The fraction of sp³-hybridized carbons (Fsp3) is 0.562. The topological polar surface area (TPSA) is 172 Å². The number of hydrogen-bond acceptors (Lipinski definition) is 10. The molecule has 1 unspecified atom stereocenters. The first kappa shape index (κ1) is 35.4. The number of carboxylic acids is 1. The minimum absolute atomic E-state index is 0.182. The number of benzene rings is 1. The zero-order valence-corrected chi connectivity index (χ0v) is 26.0. The molecule has 13 nitrogen and oxygen atoms in total. The summed E-state index contributed by atoms with van der Waals surface area (Å²) in [4.78, 5) is 78.5. The van der Waals surface area contributed by atoms with Gasteiger partial charge in [0.2, 0.25) is 11.7 Å². The number of piperazine rings is 1. The van der Waals surface area contributed by atoms with Crippen molar-refractivity contribution in [2.45, 2.75) is 64.5 Å². The van der Waals surface area contributed by atoms with Crippen LogP contribution in [0.4, 0.5) is 5.69 Å². The number of anilines is 1. The number of rotatable bonds is 15. The lowest BCUT2D eigenvalue weighted by molar-refractivity contribution is -0.165. The van der Waals surface area contributed by atoms with Crippen LogP contribution in [-0.2, 0) is 38.2 Å². The van der Waals surface area contributed by atoms with Crippen molar-refractivity contribution in [3.05, 3.63) is 42.5 Å². The molecule has 1 aromatic rings. The Morgan fingerprint density at radius 1 is 1.11 bits per heavy atom. The van der Waals surface area contributed by atoms with Crippen LogP contribution in [0.15, 0.2) is 36.9 Å². The summed E-state index contributed by atoms with van der Waals surface area (Å²) in [7, 11) is 0. The van der Waals surface area contributed by atoms with E-state index >= 15 is 0 Å². The number of Topliss-reactive ketones (excluding diaryl/α,β-unsaturated/α-hetero) is 1. The Bertz CT molecular complexity index is 1260. The molecule has 2 atom stereocenters. The molecule has 0 radical (unpaired) electrons. The summed E-state index contributed by atoms with van der Waals surface area (Å²) in [6.07, 6.45) is 1.84. The number of ether oxygens (including phenoxy) is 2. The summed E-state index contributed by atoms with van der Waals surface area (Å²) in [5.74, 6) is -4.48. The van der Waals surface area contributed by atoms with Crippen LogP contribution in [-0.4, -0.2) is 102 Å². The van der Waals surface area contributed by atoms with Crippen LogP contribution in [0.25, 0.3) is 0 Å². The Hall–Kier alpha value is -4.10. The molecule has 3 rings (SSSR count). The van der Waals surface area contributed by atoms with E-state index in [4.69, 9.17) is 14.6 Å². The van der Waals surface area contributed by atoms with Gasteiger partial charge in [-0.3, -0.25) is 19.2 Å². The Morgan fingerprint density at radius 3 is 2.53 bits per heavy atom. The Labute approximate surface area is 263 Å². The van der Waals surface area contributed by atoms with Crippen LogP contribution >= 0.6 is 0 Å². The van der Waals surface area contributed by atoms with E-state index in [2.05, 4.69) is 22.1 Å². The van der Waals surface area contributed by atoms with Gasteiger partial charge in [0, 0.05) is 63.9 Å². The predicted molar refractivity (Wildman–Crippen MR) is 164 cm³/mol. The smallest absolute Gasteiger partial charge is 0.330 e. The van der Waals surface area contributed by atoms with Gasteiger partial charge in [0.25, 0.3) is 5.91 Å². The lowest BCUT2D eigenvalue weighted by Crippen LogP contribution is -2.54. The average molecular weight is 629 g/mol. The third-order valence-corrected chi connectivity index (χ3v) is 7.87. The van der Waals surface area contributed by atoms with Gasteiger partial charge in [0.1, 0.15) is 18.8 Å². The predicted octanol–water partition coefficient (Wildman–Crippen LogP) is 2.08. The fourth-order valence-electron chi connectivity index (χ4n) is 5.22. The molecule has 2 amide bonds. The molecular formula is C32H44N4O9. The highest BCUT2D eigenvalue weighted by Gasteiger charge is 2.42. The number of carbonyl (C=O) groups is 6. The van der Waals surface area contributed by atoms with Gasteiger partial charge < -0.3 is 35.0 Å². The van der Waals surface area contributed by atoms with Crippen LogP contribution in [0.3, 0.4) is 0 Å². The first-order valence-electron chi connectivity index (χ1n) is 15.3. The number of hydrogen-bond donors (Lipinski definition) is 3. The van der Waals surface area contributed by atoms with E-state index in [1.807, 2.05) is 0 Å². The lowest BCUT2D eigenvalue weighted by atomic mass is 9.87. The maximum Gasteiger partial charge on any atom is 0.330 e. The molecule has 1 aromatic carbocycles. The third kappa shape index (κ3) is 10.8. The Balaban J connectivity index is 1.78. The Morgan fingerprint density at radius 2 is 1.84 bits per heavy atom. The minimum atomic E-state index is -1.32. The van der Waals surface area contributed by atoms with Crippen LogP contribution in [0, 0.1) is 5.41 Å². The van der Waals surface area contributed by atoms with Gasteiger partial charge in [0.15, 0.2) is 0 Å². The zero-order valence-electron chi connectivity index (χ0n) is 26.0. The minimum Gasteiger partial charge on any atom is -0.481 e. The monoisotopic (exact) mass is 628 g/mol. The molecule has 3 N–H and O–H groups in total. The van der Waals surface area contributed by atoms with E-state index in [1.165, 1.54) is 18.7 Å². The molecule has 0 bridgehead atoms. The number of carbonyl (C=O) groups excluding carboxylic acids is 5. The van der Waals surface area contributed by atoms with Crippen LogP contribution in [0.5, 0.6) is 0 Å². The molecule has 2 aliphatic heterocycles. The van der Waals surface area contributed by atoms with E-state index < -0.39 is 53.1 Å². The van der Waals surface area contributed by atoms with Gasteiger partial charge in [-0.1, -0.05) is 18.7 Å². The normalized spacial score (nSPS) is 17.9. The second-order valence-corrected chi connectivity index (χ2v) is 11.9. The molecule has 0 aliphatic carbocycles. The van der Waals surface area contributed by atoms with Gasteiger partial charge in [-0.15, -0.1) is 0 Å². The number of ketones is 1. The lowest BCUT2D eigenvalue weighted by Gasteiger charge is -2.36.